The molecule has 1 aliphatic rings. The molecule has 100 valence electrons. The van der Waals surface area contributed by atoms with Gasteiger partial charge in [-0.3, -0.25) is 0 Å². The second-order valence-corrected chi connectivity index (χ2v) is 5.31. The summed E-state index contributed by atoms with van der Waals surface area (Å²) in [6.07, 6.45) is 6.18. The van der Waals surface area contributed by atoms with Crippen molar-refractivity contribution in [1.82, 2.24) is 14.9 Å². The number of imidazole rings is 1. The fourth-order valence-corrected chi connectivity index (χ4v) is 2.18. The van der Waals surface area contributed by atoms with Crippen LogP contribution < -0.4 is 5.32 Å². The molecule has 5 heteroatoms. The molecule has 0 unspecified atom stereocenters. The molecule has 19 heavy (non-hydrogen) atoms. The van der Waals surface area contributed by atoms with Crippen LogP contribution in [0.25, 0.3) is 0 Å². The van der Waals surface area contributed by atoms with E-state index < -0.39 is 0 Å². The lowest BCUT2D eigenvalue weighted by atomic mass is 10.2. The molecule has 2 aromatic rings. The predicted octanol–water partition coefficient (Wildman–Crippen LogP) is 2.98. The fourth-order valence-electron chi connectivity index (χ4n) is 1.99. The molecule has 0 saturated heterocycles. The minimum atomic E-state index is -0.351. The van der Waals surface area contributed by atoms with E-state index >= 15 is 0 Å². The Morgan fingerprint density at radius 3 is 3.05 bits per heavy atom. The molecule has 3 rings (SSSR count). The van der Waals surface area contributed by atoms with Gasteiger partial charge in [-0.1, -0.05) is 23.7 Å². The SMILES string of the molecule is Fc1c(Cl)cccc1Cn1cnc(CNC2CC2)c1. The maximum Gasteiger partial charge on any atom is 0.146 e. The van der Waals surface area contributed by atoms with Crippen LogP contribution in [0.1, 0.15) is 24.1 Å². The highest BCUT2D eigenvalue weighted by Crippen LogP contribution is 2.20. The van der Waals surface area contributed by atoms with Crippen LogP contribution in [0.5, 0.6) is 0 Å². The van der Waals surface area contributed by atoms with Crippen LogP contribution in [0.15, 0.2) is 30.7 Å². The van der Waals surface area contributed by atoms with Crippen LogP contribution in [-0.4, -0.2) is 15.6 Å². The Bertz CT molecular complexity index is 578. The maximum atomic E-state index is 13.8. The number of nitrogens with one attached hydrogen (secondary N) is 1. The molecule has 0 amide bonds. The molecule has 1 aromatic heterocycles. The first-order valence-corrected chi connectivity index (χ1v) is 6.77. The van der Waals surface area contributed by atoms with E-state index in [-0.39, 0.29) is 10.8 Å². The molecule has 3 nitrogen and oxygen atoms in total. The van der Waals surface area contributed by atoms with E-state index in [0.717, 1.165) is 12.2 Å². The Labute approximate surface area is 116 Å². The molecule has 1 aliphatic carbocycles. The highest BCUT2D eigenvalue weighted by atomic mass is 35.5. The van der Waals surface area contributed by atoms with Gasteiger partial charge in [0.05, 0.1) is 23.6 Å². The summed E-state index contributed by atoms with van der Waals surface area (Å²) in [5.41, 5.74) is 1.56. The summed E-state index contributed by atoms with van der Waals surface area (Å²) in [7, 11) is 0. The molecule has 0 radical (unpaired) electrons. The highest BCUT2D eigenvalue weighted by molar-refractivity contribution is 6.30. The molecule has 1 heterocycles. The third-order valence-electron chi connectivity index (χ3n) is 3.22. The maximum absolute atomic E-state index is 13.8. The second kappa shape index (κ2) is 5.31. The van der Waals surface area contributed by atoms with E-state index in [2.05, 4.69) is 10.3 Å². The molecule has 0 spiro atoms. The van der Waals surface area contributed by atoms with Gasteiger partial charge in [0.25, 0.3) is 0 Å². The zero-order valence-electron chi connectivity index (χ0n) is 10.4. The number of aromatic nitrogens is 2. The number of hydrogen-bond acceptors (Lipinski definition) is 2. The number of halogens is 2. The average molecular weight is 280 g/mol. The highest BCUT2D eigenvalue weighted by Gasteiger charge is 2.20. The molecule has 1 fully saturated rings. The van der Waals surface area contributed by atoms with Crippen LogP contribution in [0.3, 0.4) is 0 Å². The summed E-state index contributed by atoms with van der Waals surface area (Å²) in [5, 5.41) is 3.56. The largest absolute Gasteiger partial charge is 0.333 e. The zero-order valence-corrected chi connectivity index (χ0v) is 11.2. The van der Waals surface area contributed by atoms with Crippen molar-refractivity contribution in [3.05, 3.63) is 52.8 Å². The Morgan fingerprint density at radius 1 is 1.42 bits per heavy atom. The summed E-state index contributed by atoms with van der Waals surface area (Å²) < 4.78 is 15.7. The van der Waals surface area contributed by atoms with Gasteiger partial charge in [-0.05, 0) is 18.9 Å². The number of rotatable bonds is 5. The van der Waals surface area contributed by atoms with E-state index in [1.165, 1.54) is 12.8 Å². The second-order valence-electron chi connectivity index (χ2n) is 4.91. The molecule has 1 aromatic carbocycles. The van der Waals surface area contributed by atoms with E-state index in [1.54, 1.807) is 24.5 Å². The van der Waals surface area contributed by atoms with Crippen molar-refractivity contribution in [2.75, 3.05) is 0 Å². The summed E-state index contributed by atoms with van der Waals surface area (Å²) in [6, 6.07) is 5.71. The normalized spacial score (nSPS) is 14.8. The van der Waals surface area contributed by atoms with Crippen LogP contribution in [0, 0.1) is 5.82 Å². The van der Waals surface area contributed by atoms with Gasteiger partial charge < -0.3 is 9.88 Å². The van der Waals surface area contributed by atoms with Crippen LogP contribution in [0.4, 0.5) is 4.39 Å². The zero-order chi connectivity index (χ0) is 13.2. The minimum absolute atomic E-state index is 0.160. The van der Waals surface area contributed by atoms with E-state index in [9.17, 15) is 4.39 Å². The lowest BCUT2D eigenvalue weighted by Crippen LogP contribution is -2.15. The van der Waals surface area contributed by atoms with Gasteiger partial charge >= 0.3 is 0 Å². The summed E-state index contributed by atoms with van der Waals surface area (Å²) in [6.45, 7) is 1.22. The molecule has 0 bridgehead atoms. The fraction of sp³-hybridized carbons (Fsp3) is 0.357. The van der Waals surface area contributed by atoms with Gasteiger partial charge in [0.15, 0.2) is 0 Å². The standard InChI is InChI=1S/C14H15ClFN3/c15-13-3-1-2-10(14(13)16)7-19-8-12(18-9-19)6-17-11-4-5-11/h1-3,8-9,11,17H,4-7H2. The Balaban J connectivity index is 1.67. The topological polar surface area (TPSA) is 29.9 Å². The van der Waals surface area contributed by atoms with Crippen molar-refractivity contribution >= 4 is 11.6 Å². The number of hydrogen-bond donors (Lipinski definition) is 1. The summed E-state index contributed by atoms with van der Waals surface area (Å²) >= 11 is 5.77. The first-order chi connectivity index (χ1) is 9.22. The lowest BCUT2D eigenvalue weighted by Gasteiger charge is -2.05. The molecule has 1 N–H and O–H groups in total. The van der Waals surface area contributed by atoms with Crippen molar-refractivity contribution in [1.29, 1.82) is 0 Å². The van der Waals surface area contributed by atoms with Crippen LogP contribution >= 0.6 is 11.6 Å². The quantitative estimate of drug-likeness (QED) is 0.912. The van der Waals surface area contributed by atoms with Gasteiger partial charge in [-0.15, -0.1) is 0 Å². The molecular weight excluding hydrogens is 265 g/mol. The average Bonchev–Trinajstić information content (AvgIpc) is 3.13. The van der Waals surface area contributed by atoms with Crippen molar-refractivity contribution in [3.63, 3.8) is 0 Å². The smallest absolute Gasteiger partial charge is 0.146 e. The first-order valence-electron chi connectivity index (χ1n) is 6.39. The van der Waals surface area contributed by atoms with Crippen molar-refractivity contribution < 1.29 is 4.39 Å². The van der Waals surface area contributed by atoms with Crippen molar-refractivity contribution in [2.24, 2.45) is 0 Å². The lowest BCUT2D eigenvalue weighted by molar-refractivity contribution is 0.599. The molecule has 0 aliphatic heterocycles. The summed E-state index contributed by atoms with van der Waals surface area (Å²) in [5.74, 6) is -0.351. The predicted molar refractivity (Wildman–Crippen MR) is 72.6 cm³/mol. The van der Waals surface area contributed by atoms with Gasteiger partial charge in [0.2, 0.25) is 0 Å². The molecule has 0 atom stereocenters. The van der Waals surface area contributed by atoms with Crippen LogP contribution in [0.2, 0.25) is 5.02 Å². The van der Waals surface area contributed by atoms with Gasteiger partial charge in [0, 0.05) is 24.3 Å². The minimum Gasteiger partial charge on any atom is -0.333 e. The Kier molecular flexibility index (Phi) is 3.53. The van der Waals surface area contributed by atoms with Crippen LogP contribution in [-0.2, 0) is 13.1 Å². The van der Waals surface area contributed by atoms with E-state index in [0.29, 0.717) is 18.2 Å². The number of nitrogens with zero attached hydrogens (tertiary/aromatic N) is 2. The third kappa shape index (κ3) is 3.14. The first kappa shape index (κ1) is 12.6. The van der Waals surface area contributed by atoms with Gasteiger partial charge in [0.1, 0.15) is 5.82 Å². The van der Waals surface area contributed by atoms with Gasteiger partial charge in [-0.2, -0.15) is 0 Å². The molecule has 1 saturated carbocycles. The summed E-state index contributed by atoms with van der Waals surface area (Å²) in [4.78, 5) is 4.31. The van der Waals surface area contributed by atoms with E-state index in [1.807, 2.05) is 10.8 Å². The Hall–Kier alpha value is -1.39. The van der Waals surface area contributed by atoms with E-state index in [4.69, 9.17) is 11.6 Å². The molecular formula is C14H15ClFN3. The van der Waals surface area contributed by atoms with Gasteiger partial charge in [-0.25, -0.2) is 9.37 Å². The third-order valence-corrected chi connectivity index (χ3v) is 3.51. The van der Waals surface area contributed by atoms with Crippen molar-refractivity contribution in [2.45, 2.75) is 32.0 Å². The Morgan fingerprint density at radius 2 is 2.26 bits per heavy atom. The van der Waals surface area contributed by atoms with Crippen molar-refractivity contribution in [3.8, 4) is 0 Å². The number of benzene rings is 1. The monoisotopic (exact) mass is 279 g/mol.